The number of benzene rings is 1. The first-order valence-corrected chi connectivity index (χ1v) is 12.7. The highest BCUT2D eigenvalue weighted by molar-refractivity contribution is 7.93. The minimum atomic E-state index is -3.66. The van der Waals surface area contributed by atoms with Gasteiger partial charge >= 0.3 is 0 Å². The molecular weight excluding hydrogens is 453 g/mol. The lowest BCUT2D eigenvalue weighted by molar-refractivity contribution is 0.463. The number of nitrogens with zero attached hydrogens (tertiary/aromatic N) is 4. The molecule has 5 rings (SSSR count). The highest BCUT2D eigenvalue weighted by Crippen LogP contribution is 2.49. The van der Waals surface area contributed by atoms with E-state index in [1.165, 1.54) is 12.3 Å². The van der Waals surface area contributed by atoms with Gasteiger partial charge in [0.15, 0.2) is 9.84 Å². The number of hydrogen-bond acceptors (Lipinski definition) is 6. The van der Waals surface area contributed by atoms with Crippen molar-refractivity contribution in [3.05, 3.63) is 76.8 Å². The van der Waals surface area contributed by atoms with Crippen LogP contribution in [-0.2, 0) is 21.8 Å². The van der Waals surface area contributed by atoms with Crippen molar-refractivity contribution in [1.29, 1.82) is 0 Å². The number of rotatable bonds is 4. The van der Waals surface area contributed by atoms with Crippen LogP contribution in [-0.4, -0.2) is 34.7 Å². The molecule has 2 atom stereocenters. The summed E-state index contributed by atoms with van der Waals surface area (Å²) in [6.45, 7) is 10.4. The van der Waals surface area contributed by atoms with E-state index >= 15 is 4.39 Å². The molecule has 0 saturated heterocycles. The molecule has 1 aliphatic heterocycles. The van der Waals surface area contributed by atoms with Gasteiger partial charge in [0.05, 0.1) is 23.5 Å². The van der Waals surface area contributed by atoms with Crippen molar-refractivity contribution in [3.8, 4) is 0 Å². The Hall–Kier alpha value is -3.38. The second-order valence-electron chi connectivity index (χ2n) is 9.54. The summed E-state index contributed by atoms with van der Waals surface area (Å²) in [5.74, 6) is -0.806. The number of amidine groups is 1. The first kappa shape index (κ1) is 22.4. The summed E-state index contributed by atoms with van der Waals surface area (Å²) >= 11 is 0. The van der Waals surface area contributed by atoms with E-state index in [0.29, 0.717) is 23.3 Å². The number of aromatic nitrogens is 2. The monoisotopic (exact) mass is 477 g/mol. The molecule has 34 heavy (non-hydrogen) atoms. The number of pyridine rings is 2. The molecule has 1 aliphatic carbocycles. The molecule has 174 valence electrons. The Morgan fingerprint density at radius 2 is 1.97 bits per heavy atom. The molecule has 1 saturated carbocycles. The Bertz CT molecular complexity index is 1510. The molecule has 3 aromatic rings. The van der Waals surface area contributed by atoms with Gasteiger partial charge in [-0.3, -0.25) is 15.0 Å². The topological polar surface area (TPSA) is 103 Å². The van der Waals surface area contributed by atoms with Gasteiger partial charge in [0.1, 0.15) is 21.9 Å². The van der Waals surface area contributed by atoms with E-state index in [4.69, 9.17) is 12.3 Å². The number of hydrogen-bond donors (Lipinski definition) is 1. The lowest BCUT2D eigenvalue weighted by atomic mass is 9.90. The maximum atomic E-state index is 15.1. The highest BCUT2D eigenvalue weighted by atomic mass is 32.2. The summed E-state index contributed by atoms with van der Waals surface area (Å²) in [5.41, 5.74) is 7.64. The van der Waals surface area contributed by atoms with E-state index < -0.39 is 25.9 Å². The lowest BCUT2D eigenvalue weighted by Gasteiger charge is -2.40. The highest BCUT2D eigenvalue weighted by Gasteiger charge is 2.58. The van der Waals surface area contributed by atoms with Crippen LogP contribution in [0.3, 0.4) is 0 Å². The van der Waals surface area contributed by atoms with Gasteiger partial charge in [-0.2, -0.15) is 0 Å². The van der Waals surface area contributed by atoms with E-state index in [9.17, 15) is 8.42 Å². The quantitative estimate of drug-likeness (QED) is 0.571. The molecule has 0 bridgehead atoms. The second-order valence-corrected chi connectivity index (χ2v) is 11.9. The van der Waals surface area contributed by atoms with Gasteiger partial charge in [0.25, 0.3) is 0 Å². The number of sulfone groups is 1. The normalized spacial score (nSPS) is 26.1. The van der Waals surface area contributed by atoms with E-state index in [0.717, 1.165) is 23.8 Å². The molecule has 0 amide bonds. The number of halogens is 1. The summed E-state index contributed by atoms with van der Waals surface area (Å²) in [7, 11) is -3.66. The Morgan fingerprint density at radius 3 is 2.65 bits per heavy atom. The van der Waals surface area contributed by atoms with Gasteiger partial charge in [0, 0.05) is 24.4 Å². The zero-order valence-corrected chi connectivity index (χ0v) is 19.7. The average molecular weight is 478 g/mol. The zero-order valence-electron chi connectivity index (χ0n) is 18.9. The zero-order chi connectivity index (χ0) is 24.3. The van der Waals surface area contributed by atoms with E-state index in [-0.39, 0.29) is 23.1 Å². The third-order valence-corrected chi connectivity index (χ3v) is 9.90. The Morgan fingerprint density at radius 1 is 1.21 bits per heavy atom. The van der Waals surface area contributed by atoms with Gasteiger partial charge in [-0.25, -0.2) is 17.7 Å². The van der Waals surface area contributed by atoms with Crippen molar-refractivity contribution in [3.63, 3.8) is 0 Å². The van der Waals surface area contributed by atoms with Crippen molar-refractivity contribution >= 4 is 32.3 Å². The van der Waals surface area contributed by atoms with Crippen LogP contribution in [0.15, 0.2) is 47.7 Å². The lowest BCUT2D eigenvalue weighted by Crippen LogP contribution is -2.58. The van der Waals surface area contributed by atoms with Gasteiger partial charge in [-0.15, -0.1) is 0 Å². The van der Waals surface area contributed by atoms with Crippen molar-refractivity contribution < 1.29 is 12.8 Å². The van der Waals surface area contributed by atoms with Gasteiger partial charge in [0.2, 0.25) is 5.69 Å². The number of aliphatic imine (C=N–C) groups is 1. The van der Waals surface area contributed by atoms with Gasteiger partial charge < -0.3 is 5.73 Å². The summed E-state index contributed by atoms with van der Waals surface area (Å²) < 4.78 is 40.6. The smallest absolute Gasteiger partial charge is 0.205 e. The summed E-state index contributed by atoms with van der Waals surface area (Å²) in [6.07, 6.45) is 5.11. The molecule has 9 heteroatoms. The second kappa shape index (κ2) is 7.57. The maximum absolute atomic E-state index is 15.1. The van der Waals surface area contributed by atoms with E-state index in [1.54, 1.807) is 44.3 Å². The average Bonchev–Trinajstić information content (AvgIpc) is 3.64. The molecule has 0 unspecified atom stereocenters. The first-order valence-electron chi connectivity index (χ1n) is 11.1. The number of nitrogens with two attached hydrogens (primary N) is 1. The van der Waals surface area contributed by atoms with Crippen molar-refractivity contribution in [1.82, 2.24) is 9.97 Å². The predicted octanol–water partition coefficient (Wildman–Crippen LogP) is 4.08. The number of fused-ring (bicyclic) bond motifs is 1. The molecule has 2 aromatic heterocycles. The van der Waals surface area contributed by atoms with Gasteiger partial charge in [-0.1, -0.05) is 12.1 Å². The van der Waals surface area contributed by atoms with Crippen LogP contribution < -0.4 is 5.73 Å². The molecule has 2 N–H and O–H groups in total. The summed E-state index contributed by atoms with van der Waals surface area (Å²) in [5, 5.41) is 0.794. The Kier molecular flexibility index (Phi) is 4.99. The van der Waals surface area contributed by atoms with E-state index in [2.05, 4.69) is 19.8 Å². The fourth-order valence-electron chi connectivity index (χ4n) is 4.91. The summed E-state index contributed by atoms with van der Waals surface area (Å²) in [4.78, 5) is 16.8. The fourth-order valence-corrected chi connectivity index (χ4v) is 7.28. The van der Waals surface area contributed by atoms with Gasteiger partial charge in [-0.05, 0) is 61.8 Å². The minimum absolute atomic E-state index is 0.0321. The Labute approximate surface area is 197 Å². The molecular formula is C25H24FN5O2S. The molecule has 0 radical (unpaired) electrons. The third-order valence-electron chi connectivity index (χ3n) is 7.12. The maximum Gasteiger partial charge on any atom is 0.205 e. The van der Waals surface area contributed by atoms with Crippen molar-refractivity contribution in [2.75, 3.05) is 5.75 Å². The largest absolute Gasteiger partial charge is 0.386 e. The Balaban J connectivity index is 1.55. The molecule has 1 aromatic carbocycles. The molecule has 3 heterocycles. The van der Waals surface area contributed by atoms with Crippen molar-refractivity contribution in [2.24, 2.45) is 16.6 Å². The van der Waals surface area contributed by atoms with E-state index in [1.807, 2.05) is 0 Å². The third kappa shape index (κ3) is 3.44. The molecule has 0 spiro atoms. The van der Waals surface area contributed by atoms with Crippen LogP contribution in [0.4, 0.5) is 10.1 Å². The van der Waals surface area contributed by atoms with Crippen LogP contribution in [0, 0.1) is 18.3 Å². The first-order chi connectivity index (χ1) is 16.1. The fraction of sp³-hybridized carbons (Fsp3) is 0.360. The molecule has 7 nitrogen and oxygen atoms in total. The van der Waals surface area contributed by atoms with Crippen LogP contribution in [0.25, 0.3) is 15.7 Å². The molecule has 1 fully saturated rings. The van der Waals surface area contributed by atoms with Crippen LogP contribution >= 0.6 is 0 Å². The molecule has 2 aliphatic rings. The standard InChI is InChI=1S/C25H24FN5O2S/c1-24(14-34(32,33)25(2,17-5-6-17)23(27)31-24)19-10-15(4-7-20(19)26)11-21-22-16(8-9-29-21)12-18(28-3)13-30-22/h4,7-10,12-13,17H,5-6,11,14H2,1-2H3,(H2,27,31)/t24-,25-/m0/s1. The summed E-state index contributed by atoms with van der Waals surface area (Å²) in [6, 6.07) is 8.17. The van der Waals surface area contributed by atoms with Crippen LogP contribution in [0.1, 0.15) is 43.5 Å². The van der Waals surface area contributed by atoms with Crippen molar-refractivity contribution in [2.45, 2.75) is 43.4 Å². The predicted molar refractivity (Wildman–Crippen MR) is 129 cm³/mol. The van der Waals surface area contributed by atoms with Crippen LogP contribution in [0.2, 0.25) is 0 Å². The van der Waals surface area contributed by atoms with Crippen LogP contribution in [0.5, 0.6) is 0 Å². The SMILES string of the molecule is [C-]#[N+]c1cnc2c(Cc3ccc(F)c([C@]4(C)CS(=O)(=O)[C@@](C)(C5CC5)C(N)=N4)c3)nccc2c1. The minimum Gasteiger partial charge on any atom is -0.386 e.